The topological polar surface area (TPSA) is 3.24 Å². The predicted molar refractivity (Wildman–Crippen MR) is 45.5 cm³/mol. The second kappa shape index (κ2) is 3.61. The van der Waals surface area contributed by atoms with Crippen molar-refractivity contribution in [1.82, 2.24) is 4.90 Å². The molecule has 0 N–H and O–H groups in total. The zero-order valence-corrected chi connectivity index (χ0v) is 7.54. The standard InChI is InChI=1S/C7H11Cl2N/c1-10-4-2-6(3-5-10)7(8)9/h2-5H2,1H3. The van der Waals surface area contributed by atoms with E-state index in [0.717, 1.165) is 25.9 Å². The Morgan fingerprint density at radius 2 is 1.80 bits per heavy atom. The third-order valence-corrected chi connectivity index (χ3v) is 2.39. The first-order valence-electron chi connectivity index (χ1n) is 3.41. The second-order valence-corrected chi connectivity index (χ2v) is 3.62. The lowest BCUT2D eigenvalue weighted by atomic mass is 10.1. The lowest BCUT2D eigenvalue weighted by Crippen LogP contribution is -2.26. The fraction of sp³-hybridized carbons (Fsp3) is 0.714. The Morgan fingerprint density at radius 1 is 1.30 bits per heavy atom. The molecule has 1 fully saturated rings. The smallest absolute Gasteiger partial charge is 0.106 e. The molecule has 1 aliphatic heterocycles. The largest absolute Gasteiger partial charge is 0.306 e. The van der Waals surface area contributed by atoms with Gasteiger partial charge >= 0.3 is 0 Å². The van der Waals surface area contributed by atoms with Crippen LogP contribution in [0.4, 0.5) is 0 Å². The highest BCUT2D eigenvalue weighted by Gasteiger charge is 2.11. The molecule has 0 aromatic rings. The van der Waals surface area contributed by atoms with Crippen LogP contribution in [0, 0.1) is 0 Å². The maximum Gasteiger partial charge on any atom is 0.106 e. The summed E-state index contributed by atoms with van der Waals surface area (Å²) in [6.07, 6.45) is 2.05. The molecular weight excluding hydrogens is 169 g/mol. The molecule has 1 heterocycles. The number of piperidine rings is 1. The van der Waals surface area contributed by atoms with E-state index >= 15 is 0 Å². The average Bonchev–Trinajstić information content (AvgIpc) is 1.88. The number of halogens is 2. The van der Waals surface area contributed by atoms with Crippen LogP contribution in [0.1, 0.15) is 12.8 Å². The minimum absolute atomic E-state index is 0.480. The van der Waals surface area contributed by atoms with Crippen molar-refractivity contribution >= 4 is 23.2 Å². The summed E-state index contributed by atoms with van der Waals surface area (Å²) in [7, 11) is 2.11. The fourth-order valence-corrected chi connectivity index (χ4v) is 1.46. The van der Waals surface area contributed by atoms with Gasteiger partial charge in [0.25, 0.3) is 0 Å². The SMILES string of the molecule is CN1CCC(=C(Cl)Cl)CC1. The summed E-state index contributed by atoms with van der Waals surface area (Å²) >= 11 is 11.3. The molecule has 0 aromatic carbocycles. The van der Waals surface area contributed by atoms with Crippen LogP contribution in [0.5, 0.6) is 0 Å². The number of rotatable bonds is 0. The monoisotopic (exact) mass is 179 g/mol. The van der Waals surface area contributed by atoms with Crippen molar-refractivity contribution in [2.75, 3.05) is 20.1 Å². The molecule has 1 saturated heterocycles. The lowest BCUT2D eigenvalue weighted by Gasteiger charge is -2.23. The highest BCUT2D eigenvalue weighted by atomic mass is 35.5. The maximum atomic E-state index is 5.63. The number of nitrogens with zero attached hydrogens (tertiary/aromatic N) is 1. The molecule has 1 rings (SSSR count). The van der Waals surface area contributed by atoms with E-state index in [1.54, 1.807) is 0 Å². The molecular formula is C7H11Cl2N. The van der Waals surface area contributed by atoms with E-state index in [0.29, 0.717) is 4.49 Å². The van der Waals surface area contributed by atoms with Gasteiger partial charge in [0.1, 0.15) is 4.49 Å². The molecule has 0 saturated carbocycles. The summed E-state index contributed by atoms with van der Waals surface area (Å²) in [6, 6.07) is 0. The molecule has 1 aliphatic rings. The van der Waals surface area contributed by atoms with Gasteiger partial charge in [-0.15, -0.1) is 0 Å². The first-order valence-corrected chi connectivity index (χ1v) is 4.17. The van der Waals surface area contributed by atoms with E-state index in [-0.39, 0.29) is 0 Å². The summed E-state index contributed by atoms with van der Waals surface area (Å²) in [5, 5.41) is 0. The Hall–Kier alpha value is 0.280. The van der Waals surface area contributed by atoms with Crippen molar-refractivity contribution in [3.8, 4) is 0 Å². The molecule has 0 spiro atoms. The zero-order valence-electron chi connectivity index (χ0n) is 6.03. The van der Waals surface area contributed by atoms with Crippen LogP contribution in [0.25, 0.3) is 0 Å². The Labute approximate surface area is 71.6 Å². The van der Waals surface area contributed by atoms with Crippen molar-refractivity contribution in [2.24, 2.45) is 0 Å². The van der Waals surface area contributed by atoms with E-state index in [1.165, 1.54) is 5.57 Å². The van der Waals surface area contributed by atoms with Gasteiger partial charge in [0.2, 0.25) is 0 Å². The van der Waals surface area contributed by atoms with E-state index < -0.39 is 0 Å². The van der Waals surface area contributed by atoms with Gasteiger partial charge in [0.05, 0.1) is 0 Å². The molecule has 0 aromatic heterocycles. The van der Waals surface area contributed by atoms with Crippen molar-refractivity contribution in [1.29, 1.82) is 0 Å². The van der Waals surface area contributed by atoms with Gasteiger partial charge in [-0.05, 0) is 25.5 Å². The summed E-state index contributed by atoms with van der Waals surface area (Å²) in [4.78, 5) is 2.28. The van der Waals surface area contributed by atoms with Crippen LogP contribution in [-0.4, -0.2) is 25.0 Å². The second-order valence-electron chi connectivity index (χ2n) is 2.67. The highest BCUT2D eigenvalue weighted by molar-refractivity contribution is 6.56. The van der Waals surface area contributed by atoms with Gasteiger partial charge in [-0.3, -0.25) is 0 Å². The van der Waals surface area contributed by atoms with Crippen molar-refractivity contribution < 1.29 is 0 Å². The Morgan fingerprint density at radius 3 is 2.20 bits per heavy atom. The minimum Gasteiger partial charge on any atom is -0.306 e. The van der Waals surface area contributed by atoms with Crippen LogP contribution in [0.3, 0.4) is 0 Å². The molecule has 0 atom stereocenters. The van der Waals surface area contributed by atoms with Gasteiger partial charge in [-0.2, -0.15) is 0 Å². The summed E-state index contributed by atoms with van der Waals surface area (Å²) in [6.45, 7) is 2.16. The third kappa shape index (κ3) is 2.15. The van der Waals surface area contributed by atoms with Crippen LogP contribution < -0.4 is 0 Å². The molecule has 0 radical (unpaired) electrons. The zero-order chi connectivity index (χ0) is 7.56. The summed E-state index contributed by atoms with van der Waals surface area (Å²) in [5.74, 6) is 0. The molecule has 58 valence electrons. The molecule has 10 heavy (non-hydrogen) atoms. The number of hydrogen-bond donors (Lipinski definition) is 0. The van der Waals surface area contributed by atoms with E-state index in [9.17, 15) is 0 Å². The molecule has 3 heteroatoms. The lowest BCUT2D eigenvalue weighted by molar-refractivity contribution is 0.312. The van der Waals surface area contributed by atoms with Gasteiger partial charge < -0.3 is 4.90 Å². The van der Waals surface area contributed by atoms with Crippen LogP contribution in [0.15, 0.2) is 10.1 Å². The van der Waals surface area contributed by atoms with Gasteiger partial charge in [0.15, 0.2) is 0 Å². The molecule has 0 bridgehead atoms. The first-order chi connectivity index (χ1) is 4.70. The van der Waals surface area contributed by atoms with Crippen molar-refractivity contribution in [2.45, 2.75) is 12.8 Å². The van der Waals surface area contributed by atoms with E-state index in [2.05, 4.69) is 11.9 Å². The van der Waals surface area contributed by atoms with Gasteiger partial charge in [0, 0.05) is 13.1 Å². The Kier molecular flexibility index (Phi) is 3.02. The minimum atomic E-state index is 0.480. The first kappa shape index (κ1) is 8.38. The van der Waals surface area contributed by atoms with Crippen LogP contribution in [-0.2, 0) is 0 Å². The number of hydrogen-bond acceptors (Lipinski definition) is 1. The van der Waals surface area contributed by atoms with Crippen LogP contribution >= 0.6 is 23.2 Å². The third-order valence-electron chi connectivity index (χ3n) is 1.86. The fourth-order valence-electron chi connectivity index (χ4n) is 1.08. The quantitative estimate of drug-likeness (QED) is 0.553. The normalized spacial score (nSPS) is 21.3. The molecule has 1 nitrogen and oxygen atoms in total. The maximum absolute atomic E-state index is 5.63. The van der Waals surface area contributed by atoms with Gasteiger partial charge in [-0.25, -0.2) is 0 Å². The predicted octanol–water partition coefficient (Wildman–Crippen LogP) is 2.40. The van der Waals surface area contributed by atoms with Gasteiger partial charge in [-0.1, -0.05) is 23.2 Å². The van der Waals surface area contributed by atoms with E-state index in [1.807, 2.05) is 0 Å². The Balaban J connectivity index is 2.48. The highest BCUT2D eigenvalue weighted by Crippen LogP contribution is 2.23. The molecule has 0 aliphatic carbocycles. The van der Waals surface area contributed by atoms with E-state index in [4.69, 9.17) is 23.2 Å². The average molecular weight is 180 g/mol. The molecule has 0 amide bonds. The number of likely N-dealkylation sites (tertiary alicyclic amines) is 1. The van der Waals surface area contributed by atoms with Crippen molar-refractivity contribution in [3.05, 3.63) is 10.1 Å². The molecule has 0 unspecified atom stereocenters. The van der Waals surface area contributed by atoms with Crippen molar-refractivity contribution in [3.63, 3.8) is 0 Å². The Bertz CT molecular complexity index is 140. The van der Waals surface area contributed by atoms with Crippen LogP contribution in [0.2, 0.25) is 0 Å². The summed E-state index contributed by atoms with van der Waals surface area (Å²) in [5.41, 5.74) is 1.21. The summed E-state index contributed by atoms with van der Waals surface area (Å²) < 4.78 is 0.480.